The summed E-state index contributed by atoms with van der Waals surface area (Å²) in [5.74, 6) is 0.131. The molecule has 12 nitrogen and oxygen atoms in total. The Balaban J connectivity index is 1.17. The predicted octanol–water partition coefficient (Wildman–Crippen LogP) is 5.26. The van der Waals surface area contributed by atoms with E-state index in [4.69, 9.17) is 9.47 Å². The van der Waals surface area contributed by atoms with E-state index in [9.17, 15) is 22.8 Å². The van der Waals surface area contributed by atoms with Crippen molar-refractivity contribution in [3.8, 4) is 17.3 Å². The molecule has 44 heavy (non-hydrogen) atoms. The number of carbonyl (C=O) groups is 2. The lowest BCUT2D eigenvalue weighted by Gasteiger charge is -2.20. The van der Waals surface area contributed by atoms with Crippen molar-refractivity contribution in [2.45, 2.75) is 26.5 Å². The van der Waals surface area contributed by atoms with Gasteiger partial charge >= 0.3 is 12.4 Å². The van der Waals surface area contributed by atoms with Crippen LogP contribution in [0, 0.1) is 6.92 Å². The molecule has 1 N–H and O–H groups in total. The zero-order valence-electron chi connectivity index (χ0n) is 23.2. The van der Waals surface area contributed by atoms with Gasteiger partial charge in [0.05, 0.1) is 35.6 Å². The average Bonchev–Trinajstić information content (AvgIpc) is 3.60. The predicted molar refractivity (Wildman–Crippen MR) is 155 cm³/mol. The monoisotopic (exact) mass is 627 g/mol. The smallest absolute Gasteiger partial charge is 0.469 e. The minimum absolute atomic E-state index is 0.0419. The fraction of sp³-hybridized carbons (Fsp3) is 0.214. The molecular formula is C28H24F3N7O5S. The largest absolute Gasteiger partial charge is 0.573 e. The number of aliphatic imine (C=N–C) groups is 1. The molecule has 16 heteroatoms. The first-order chi connectivity index (χ1) is 21.1. The Morgan fingerprint density at radius 2 is 1.89 bits per heavy atom. The van der Waals surface area contributed by atoms with Gasteiger partial charge in [-0.2, -0.15) is 4.99 Å². The Labute approximate surface area is 252 Å². The maximum atomic E-state index is 12.7. The second-order valence-corrected chi connectivity index (χ2v) is 10.2. The highest BCUT2D eigenvalue weighted by atomic mass is 32.2. The first kappa shape index (κ1) is 30.5. The molecule has 0 aliphatic carbocycles. The van der Waals surface area contributed by atoms with Crippen LogP contribution in [-0.4, -0.2) is 56.1 Å². The van der Waals surface area contributed by atoms with Crippen molar-refractivity contribution in [1.82, 2.24) is 19.7 Å². The average molecular weight is 628 g/mol. The van der Waals surface area contributed by atoms with Crippen LogP contribution in [0.25, 0.3) is 5.69 Å². The third-order valence-electron chi connectivity index (χ3n) is 5.96. The SMILES string of the molecule is COCc1ccc(C)cc1N1C(=O)CSC1=NC(=O)Nc1ccc(OCc2ncn(-c3ccc(OC(F)(F)F)cc3)n2)nc1. The molecule has 1 saturated heterocycles. The highest BCUT2D eigenvalue weighted by Gasteiger charge is 2.32. The van der Waals surface area contributed by atoms with E-state index in [0.717, 1.165) is 22.9 Å². The highest BCUT2D eigenvalue weighted by Crippen LogP contribution is 2.31. The molecule has 228 valence electrons. The van der Waals surface area contributed by atoms with Gasteiger partial charge in [0.1, 0.15) is 12.1 Å². The highest BCUT2D eigenvalue weighted by molar-refractivity contribution is 8.15. The van der Waals surface area contributed by atoms with Gasteiger partial charge in [0.2, 0.25) is 11.8 Å². The van der Waals surface area contributed by atoms with Crippen LogP contribution in [-0.2, 0) is 22.7 Å². The number of benzene rings is 2. The molecule has 0 unspecified atom stereocenters. The molecule has 1 fully saturated rings. The number of hydrogen-bond donors (Lipinski definition) is 1. The standard InChI is InChI=1S/C28H24F3N7O5S/c1-17-3-4-18(13-41-2)22(11-17)38-25(39)15-44-27(38)35-26(40)34-19-5-10-24(32-12-19)42-14-23-33-16-37(36-23)20-6-8-21(9-7-20)43-28(29,30)31/h3-12,16H,13-15H2,1-2H3,(H,34,40). The Morgan fingerprint density at radius 3 is 2.59 bits per heavy atom. The third kappa shape index (κ3) is 7.70. The number of amidine groups is 1. The van der Waals surface area contributed by atoms with E-state index in [-0.39, 0.29) is 35.1 Å². The number of ether oxygens (including phenoxy) is 3. The summed E-state index contributed by atoms with van der Waals surface area (Å²) in [4.78, 5) is 39.2. The van der Waals surface area contributed by atoms with Crippen LogP contribution in [0.3, 0.4) is 0 Å². The topological polar surface area (TPSA) is 133 Å². The zero-order chi connectivity index (χ0) is 31.3. The molecule has 0 bridgehead atoms. The second-order valence-electron chi connectivity index (χ2n) is 9.23. The van der Waals surface area contributed by atoms with E-state index in [2.05, 4.69) is 30.1 Å². The number of methoxy groups -OCH3 is 1. The first-order valence-corrected chi connectivity index (χ1v) is 13.9. The van der Waals surface area contributed by atoms with Gasteiger partial charge in [-0.3, -0.25) is 9.69 Å². The van der Waals surface area contributed by atoms with Crippen molar-refractivity contribution >= 4 is 40.2 Å². The van der Waals surface area contributed by atoms with Crippen molar-refractivity contribution in [2.24, 2.45) is 4.99 Å². The van der Waals surface area contributed by atoms with Crippen LogP contribution in [0.1, 0.15) is 17.0 Å². The molecule has 3 heterocycles. The summed E-state index contributed by atoms with van der Waals surface area (Å²) in [7, 11) is 1.56. The van der Waals surface area contributed by atoms with Crippen LogP contribution < -0.4 is 19.7 Å². The molecule has 4 aromatic rings. The third-order valence-corrected chi connectivity index (χ3v) is 6.88. The Bertz CT molecular complexity index is 1680. The van der Waals surface area contributed by atoms with Gasteiger partial charge in [0, 0.05) is 18.7 Å². The summed E-state index contributed by atoms with van der Waals surface area (Å²) in [6.45, 7) is 2.16. The minimum atomic E-state index is -4.78. The number of nitrogens with one attached hydrogen (secondary N) is 1. The number of carbonyl (C=O) groups excluding carboxylic acids is 2. The number of urea groups is 1. The van der Waals surface area contributed by atoms with Gasteiger partial charge in [-0.15, -0.1) is 18.3 Å². The summed E-state index contributed by atoms with van der Waals surface area (Å²) in [6, 6.07) is 13.2. The molecule has 2 aromatic heterocycles. The van der Waals surface area contributed by atoms with E-state index in [1.807, 2.05) is 25.1 Å². The van der Waals surface area contributed by atoms with Crippen molar-refractivity contribution < 1.29 is 37.0 Å². The summed E-state index contributed by atoms with van der Waals surface area (Å²) in [5.41, 5.74) is 3.17. The van der Waals surface area contributed by atoms with Gasteiger partial charge in [-0.1, -0.05) is 23.9 Å². The minimum Gasteiger partial charge on any atom is -0.469 e. The van der Waals surface area contributed by atoms with Gasteiger partial charge in [0.25, 0.3) is 0 Å². The van der Waals surface area contributed by atoms with Crippen LogP contribution in [0.5, 0.6) is 11.6 Å². The van der Waals surface area contributed by atoms with Crippen molar-refractivity contribution in [3.05, 3.63) is 84.1 Å². The van der Waals surface area contributed by atoms with Crippen molar-refractivity contribution in [3.63, 3.8) is 0 Å². The van der Waals surface area contributed by atoms with E-state index in [1.54, 1.807) is 13.2 Å². The quantitative estimate of drug-likeness (QED) is 0.264. The number of pyridine rings is 1. The fourth-order valence-corrected chi connectivity index (χ4v) is 4.90. The first-order valence-electron chi connectivity index (χ1n) is 12.9. The van der Waals surface area contributed by atoms with Gasteiger partial charge in [-0.05, 0) is 48.9 Å². The van der Waals surface area contributed by atoms with Crippen LogP contribution in [0.15, 0.2) is 72.1 Å². The number of thioether (sulfide) groups is 1. The number of hydrogen-bond acceptors (Lipinski definition) is 9. The molecule has 3 amide bonds. The molecular weight excluding hydrogens is 603 g/mol. The normalized spacial score (nSPS) is 14.2. The molecule has 0 spiro atoms. The number of aryl methyl sites for hydroxylation is 1. The van der Waals surface area contributed by atoms with Gasteiger partial charge in [0.15, 0.2) is 17.6 Å². The van der Waals surface area contributed by atoms with E-state index >= 15 is 0 Å². The lowest BCUT2D eigenvalue weighted by Crippen LogP contribution is -2.31. The number of amides is 3. The molecule has 5 rings (SSSR count). The molecule has 0 atom stereocenters. The molecule has 1 aliphatic rings. The molecule has 1 aliphatic heterocycles. The molecule has 2 aromatic carbocycles. The summed E-state index contributed by atoms with van der Waals surface area (Å²) in [6.07, 6.45) is -2.01. The number of rotatable bonds is 9. The maximum absolute atomic E-state index is 12.7. The summed E-state index contributed by atoms with van der Waals surface area (Å²) < 4.78 is 53.2. The fourth-order valence-electron chi connectivity index (χ4n) is 4.05. The second kappa shape index (κ2) is 13.1. The lowest BCUT2D eigenvalue weighted by atomic mass is 10.1. The number of halogens is 3. The number of alkyl halides is 3. The number of anilines is 2. The van der Waals surface area contributed by atoms with Crippen LogP contribution >= 0.6 is 11.8 Å². The van der Waals surface area contributed by atoms with E-state index in [1.165, 1.54) is 52.4 Å². The molecule has 0 radical (unpaired) electrons. The molecule has 0 saturated carbocycles. The summed E-state index contributed by atoms with van der Waals surface area (Å²) in [5, 5.41) is 7.12. The van der Waals surface area contributed by atoms with Gasteiger partial charge in [-0.25, -0.2) is 19.4 Å². The number of aromatic nitrogens is 4. The zero-order valence-corrected chi connectivity index (χ0v) is 24.1. The Morgan fingerprint density at radius 1 is 1.09 bits per heavy atom. The number of nitrogens with zero attached hydrogens (tertiary/aromatic N) is 6. The lowest BCUT2D eigenvalue weighted by molar-refractivity contribution is -0.274. The van der Waals surface area contributed by atoms with Crippen molar-refractivity contribution in [1.29, 1.82) is 0 Å². The van der Waals surface area contributed by atoms with Crippen LogP contribution in [0.4, 0.5) is 29.3 Å². The van der Waals surface area contributed by atoms with Gasteiger partial charge < -0.3 is 19.5 Å². The Hall–Kier alpha value is -4.96. The summed E-state index contributed by atoms with van der Waals surface area (Å²) >= 11 is 1.16. The van der Waals surface area contributed by atoms with Crippen LogP contribution in [0.2, 0.25) is 0 Å². The Kier molecular flexibility index (Phi) is 9.10. The van der Waals surface area contributed by atoms with Crippen molar-refractivity contribution in [2.75, 3.05) is 23.1 Å². The van der Waals surface area contributed by atoms with E-state index in [0.29, 0.717) is 29.5 Å². The maximum Gasteiger partial charge on any atom is 0.573 e. The van der Waals surface area contributed by atoms with E-state index < -0.39 is 12.4 Å².